The molecule has 2 aliphatic rings. The molecule has 5 heteroatoms. The zero-order valence-corrected chi connectivity index (χ0v) is 7.26. The summed E-state index contributed by atoms with van der Waals surface area (Å²) < 4.78 is 23.5. The van der Waals surface area contributed by atoms with Crippen molar-refractivity contribution >= 4 is 10.0 Å². The topological polar surface area (TPSA) is 63.4 Å². The number of hydrogen-bond acceptors (Lipinski definition) is 3. The lowest BCUT2D eigenvalue weighted by atomic mass is 10.3. The van der Waals surface area contributed by atoms with Gasteiger partial charge in [0.2, 0.25) is 10.0 Å². The standard InChI is InChI=1S/C6H12N2O2S/c1-11(9,10)8-3-5-2-6(5,7)4-8/h5H,2-4,7H2,1H3/t5-,6-/m0/s1. The molecule has 1 aliphatic carbocycles. The second-order valence-corrected chi connectivity index (χ2v) is 5.67. The van der Waals surface area contributed by atoms with E-state index in [4.69, 9.17) is 5.73 Å². The van der Waals surface area contributed by atoms with Crippen molar-refractivity contribution in [2.45, 2.75) is 12.0 Å². The maximum absolute atomic E-state index is 11.0. The lowest BCUT2D eigenvalue weighted by molar-refractivity contribution is 0.437. The minimum atomic E-state index is -2.99. The second-order valence-electron chi connectivity index (χ2n) is 3.69. The van der Waals surface area contributed by atoms with Crippen molar-refractivity contribution in [2.75, 3.05) is 19.3 Å². The molecule has 1 aliphatic heterocycles. The summed E-state index contributed by atoms with van der Waals surface area (Å²) in [6, 6.07) is 0. The molecule has 0 unspecified atom stereocenters. The van der Waals surface area contributed by atoms with Crippen molar-refractivity contribution in [1.82, 2.24) is 4.31 Å². The first-order valence-corrected chi connectivity index (χ1v) is 5.51. The third kappa shape index (κ3) is 1.07. The van der Waals surface area contributed by atoms with Crippen LogP contribution in [0.2, 0.25) is 0 Å². The normalized spacial score (nSPS) is 44.0. The van der Waals surface area contributed by atoms with E-state index in [0.29, 0.717) is 19.0 Å². The SMILES string of the molecule is CS(=O)(=O)N1C[C@@H]2C[C@]2(N)C1. The highest BCUT2D eigenvalue weighted by Crippen LogP contribution is 2.47. The van der Waals surface area contributed by atoms with E-state index in [0.717, 1.165) is 6.42 Å². The van der Waals surface area contributed by atoms with E-state index in [-0.39, 0.29) is 5.54 Å². The molecule has 0 bridgehead atoms. The summed E-state index contributed by atoms with van der Waals surface area (Å²) in [6.07, 6.45) is 2.24. The Hall–Kier alpha value is -0.130. The van der Waals surface area contributed by atoms with E-state index in [9.17, 15) is 8.42 Å². The molecular weight excluding hydrogens is 164 g/mol. The van der Waals surface area contributed by atoms with Gasteiger partial charge in [-0.25, -0.2) is 8.42 Å². The van der Waals surface area contributed by atoms with Crippen LogP contribution in [0.5, 0.6) is 0 Å². The third-order valence-corrected chi connectivity index (χ3v) is 3.86. The molecule has 11 heavy (non-hydrogen) atoms. The Morgan fingerprint density at radius 2 is 2.27 bits per heavy atom. The summed E-state index contributed by atoms with van der Waals surface area (Å²) in [5, 5.41) is 0. The van der Waals surface area contributed by atoms with Crippen molar-refractivity contribution < 1.29 is 8.42 Å². The van der Waals surface area contributed by atoms with E-state index in [1.54, 1.807) is 0 Å². The minimum absolute atomic E-state index is 0.164. The van der Waals surface area contributed by atoms with E-state index in [1.165, 1.54) is 10.6 Å². The Morgan fingerprint density at radius 1 is 1.64 bits per heavy atom. The van der Waals surface area contributed by atoms with Gasteiger partial charge in [0.1, 0.15) is 0 Å². The number of nitrogens with two attached hydrogens (primary N) is 1. The average Bonchev–Trinajstić information content (AvgIpc) is 2.30. The number of nitrogens with zero attached hydrogens (tertiary/aromatic N) is 1. The molecule has 0 amide bonds. The lowest BCUT2D eigenvalue weighted by Gasteiger charge is -2.15. The molecule has 1 saturated carbocycles. The van der Waals surface area contributed by atoms with Gasteiger partial charge in [0.25, 0.3) is 0 Å². The zero-order valence-electron chi connectivity index (χ0n) is 6.45. The Balaban J connectivity index is 2.14. The molecule has 0 aromatic carbocycles. The fourth-order valence-electron chi connectivity index (χ4n) is 1.73. The number of sulfonamides is 1. The maximum atomic E-state index is 11.0. The molecule has 0 aromatic heterocycles. The molecule has 1 saturated heterocycles. The highest BCUT2D eigenvalue weighted by atomic mass is 32.2. The van der Waals surface area contributed by atoms with Gasteiger partial charge in [-0.1, -0.05) is 0 Å². The van der Waals surface area contributed by atoms with Gasteiger partial charge in [-0.15, -0.1) is 0 Å². The monoisotopic (exact) mass is 176 g/mol. The first-order chi connectivity index (χ1) is 4.92. The molecule has 2 fully saturated rings. The molecule has 0 aromatic rings. The fraction of sp³-hybridized carbons (Fsp3) is 1.00. The zero-order chi connectivity index (χ0) is 8.28. The van der Waals surface area contributed by atoms with Crippen molar-refractivity contribution in [1.29, 1.82) is 0 Å². The lowest BCUT2D eigenvalue weighted by Crippen LogP contribution is -2.36. The van der Waals surface area contributed by atoms with Crippen LogP contribution < -0.4 is 5.73 Å². The van der Waals surface area contributed by atoms with Crippen LogP contribution in [-0.2, 0) is 10.0 Å². The number of piperidine rings is 1. The van der Waals surface area contributed by atoms with Gasteiger partial charge in [-0.3, -0.25) is 0 Å². The number of fused-ring (bicyclic) bond motifs is 1. The van der Waals surface area contributed by atoms with Gasteiger partial charge in [-0.2, -0.15) is 4.31 Å². The van der Waals surface area contributed by atoms with E-state index >= 15 is 0 Å². The van der Waals surface area contributed by atoms with Crippen molar-refractivity contribution in [2.24, 2.45) is 11.7 Å². The van der Waals surface area contributed by atoms with Gasteiger partial charge in [0.15, 0.2) is 0 Å². The summed E-state index contributed by atoms with van der Waals surface area (Å²) in [6.45, 7) is 1.16. The van der Waals surface area contributed by atoms with Crippen molar-refractivity contribution in [3.05, 3.63) is 0 Å². The molecule has 1 heterocycles. The Kier molecular flexibility index (Phi) is 1.22. The number of rotatable bonds is 1. The van der Waals surface area contributed by atoms with Crippen LogP contribution in [0.15, 0.2) is 0 Å². The molecular formula is C6H12N2O2S. The molecule has 2 rings (SSSR count). The molecule has 64 valence electrons. The Labute approximate surface area is 66.4 Å². The van der Waals surface area contributed by atoms with Crippen LogP contribution in [0.25, 0.3) is 0 Å². The summed E-state index contributed by atoms with van der Waals surface area (Å²) in [4.78, 5) is 0. The molecule has 4 nitrogen and oxygen atoms in total. The summed E-state index contributed by atoms with van der Waals surface area (Å²) in [5.74, 6) is 0.428. The van der Waals surface area contributed by atoms with E-state index in [2.05, 4.69) is 0 Å². The smallest absolute Gasteiger partial charge is 0.211 e. The van der Waals surface area contributed by atoms with Gasteiger partial charge < -0.3 is 5.73 Å². The second kappa shape index (κ2) is 1.78. The summed E-state index contributed by atoms with van der Waals surface area (Å²) in [7, 11) is -2.99. The van der Waals surface area contributed by atoms with Crippen LogP contribution >= 0.6 is 0 Å². The predicted molar refractivity (Wildman–Crippen MR) is 41.4 cm³/mol. The van der Waals surface area contributed by atoms with Crippen LogP contribution in [0.4, 0.5) is 0 Å². The summed E-state index contributed by atoms with van der Waals surface area (Å²) >= 11 is 0. The highest BCUT2D eigenvalue weighted by Gasteiger charge is 2.58. The first-order valence-electron chi connectivity index (χ1n) is 3.66. The molecule has 0 radical (unpaired) electrons. The molecule has 2 N–H and O–H groups in total. The fourth-order valence-corrected chi connectivity index (χ4v) is 2.66. The van der Waals surface area contributed by atoms with Gasteiger partial charge in [-0.05, 0) is 12.3 Å². The average molecular weight is 176 g/mol. The quantitative estimate of drug-likeness (QED) is 0.556. The van der Waals surface area contributed by atoms with E-state index < -0.39 is 10.0 Å². The maximum Gasteiger partial charge on any atom is 0.211 e. The highest BCUT2D eigenvalue weighted by molar-refractivity contribution is 7.88. The minimum Gasteiger partial charge on any atom is -0.324 e. The van der Waals surface area contributed by atoms with Crippen LogP contribution in [0.1, 0.15) is 6.42 Å². The van der Waals surface area contributed by atoms with Crippen LogP contribution in [-0.4, -0.2) is 37.6 Å². The predicted octanol–water partition coefficient (Wildman–Crippen LogP) is -1.02. The van der Waals surface area contributed by atoms with Crippen LogP contribution in [0.3, 0.4) is 0 Å². The Morgan fingerprint density at radius 3 is 2.55 bits per heavy atom. The van der Waals surface area contributed by atoms with E-state index in [1.807, 2.05) is 0 Å². The third-order valence-electron chi connectivity index (χ3n) is 2.64. The summed E-state index contributed by atoms with van der Waals surface area (Å²) in [5.41, 5.74) is 5.67. The van der Waals surface area contributed by atoms with Crippen LogP contribution in [0, 0.1) is 5.92 Å². The van der Waals surface area contributed by atoms with Gasteiger partial charge >= 0.3 is 0 Å². The van der Waals surface area contributed by atoms with Gasteiger partial charge in [0.05, 0.1) is 6.26 Å². The van der Waals surface area contributed by atoms with Gasteiger partial charge in [0, 0.05) is 18.6 Å². The molecule has 0 spiro atoms. The molecule has 2 atom stereocenters. The number of hydrogen-bond donors (Lipinski definition) is 1. The Bertz CT molecular complexity index is 287. The van der Waals surface area contributed by atoms with Crippen molar-refractivity contribution in [3.8, 4) is 0 Å². The van der Waals surface area contributed by atoms with Crippen molar-refractivity contribution in [3.63, 3.8) is 0 Å². The first kappa shape index (κ1) is 7.52. The largest absolute Gasteiger partial charge is 0.324 e.